The molecule has 2 N–H and O–H groups in total. The zero-order chi connectivity index (χ0) is 16.8. The highest BCUT2D eigenvalue weighted by Gasteiger charge is 2.13. The van der Waals surface area contributed by atoms with E-state index in [4.69, 9.17) is 10.5 Å². The van der Waals surface area contributed by atoms with Crippen LogP contribution in [0.15, 0.2) is 66.7 Å². The number of nitrogens with two attached hydrogens (primary N) is 1. The summed E-state index contributed by atoms with van der Waals surface area (Å²) in [5.74, 6) is 0.820. The van der Waals surface area contributed by atoms with E-state index >= 15 is 0 Å². The highest BCUT2D eigenvalue weighted by atomic mass is 16.5. The van der Waals surface area contributed by atoms with Crippen LogP contribution in [-0.2, 0) is 13.0 Å². The average Bonchev–Trinajstić information content (AvgIpc) is 2.92. The zero-order valence-electron chi connectivity index (χ0n) is 13.4. The summed E-state index contributed by atoms with van der Waals surface area (Å²) >= 11 is 0. The number of benzene rings is 2. The molecule has 4 nitrogen and oxygen atoms in total. The molecule has 3 aromatic rings. The minimum Gasteiger partial charge on any atom is -0.492 e. The van der Waals surface area contributed by atoms with Gasteiger partial charge >= 0.3 is 0 Å². The van der Waals surface area contributed by atoms with Gasteiger partial charge in [-0.3, -0.25) is 0 Å². The Hall–Kier alpha value is -3.19. The van der Waals surface area contributed by atoms with E-state index in [0.29, 0.717) is 31.0 Å². The number of ether oxygens (including phenoxy) is 1. The van der Waals surface area contributed by atoms with Crippen molar-refractivity contribution in [1.29, 1.82) is 5.26 Å². The molecule has 0 amide bonds. The highest BCUT2D eigenvalue weighted by molar-refractivity contribution is 5.52. The van der Waals surface area contributed by atoms with E-state index < -0.39 is 0 Å². The first kappa shape index (κ1) is 15.7. The van der Waals surface area contributed by atoms with Gasteiger partial charge in [0.1, 0.15) is 24.1 Å². The van der Waals surface area contributed by atoms with Gasteiger partial charge in [-0.05, 0) is 23.8 Å². The minimum absolute atomic E-state index is 0.481. The van der Waals surface area contributed by atoms with Gasteiger partial charge in [0, 0.05) is 12.1 Å². The van der Waals surface area contributed by atoms with Gasteiger partial charge in [0.2, 0.25) is 0 Å². The molecule has 0 aliphatic heterocycles. The van der Waals surface area contributed by atoms with Crippen molar-refractivity contribution < 1.29 is 4.74 Å². The zero-order valence-corrected chi connectivity index (χ0v) is 13.4. The largest absolute Gasteiger partial charge is 0.492 e. The Labute approximate surface area is 141 Å². The first-order chi connectivity index (χ1) is 11.8. The van der Waals surface area contributed by atoms with Gasteiger partial charge in [-0.25, -0.2) is 0 Å². The topological polar surface area (TPSA) is 64.0 Å². The van der Waals surface area contributed by atoms with Crippen LogP contribution < -0.4 is 10.5 Å². The number of anilines is 1. The minimum atomic E-state index is 0.481. The number of hydrogen-bond donors (Lipinski definition) is 1. The molecule has 0 fully saturated rings. The van der Waals surface area contributed by atoms with Crippen molar-refractivity contribution in [2.45, 2.75) is 13.0 Å². The predicted octanol–water partition coefficient (Wildman–Crippen LogP) is 3.61. The quantitative estimate of drug-likeness (QED) is 0.755. The van der Waals surface area contributed by atoms with Crippen LogP contribution in [0.2, 0.25) is 0 Å². The molecule has 0 spiro atoms. The third kappa shape index (κ3) is 3.58. The Morgan fingerprint density at radius 3 is 2.33 bits per heavy atom. The van der Waals surface area contributed by atoms with E-state index in [2.05, 4.69) is 18.2 Å². The molecule has 2 aromatic carbocycles. The molecule has 24 heavy (non-hydrogen) atoms. The van der Waals surface area contributed by atoms with Gasteiger partial charge in [-0.15, -0.1) is 0 Å². The summed E-state index contributed by atoms with van der Waals surface area (Å²) in [5, 5.41) is 9.37. The maximum atomic E-state index is 9.37. The van der Waals surface area contributed by atoms with E-state index in [1.807, 2.05) is 53.1 Å². The molecule has 120 valence electrons. The molecular weight excluding hydrogens is 298 g/mol. The molecule has 0 bridgehead atoms. The number of nitriles is 1. The first-order valence-electron chi connectivity index (χ1n) is 7.87. The van der Waals surface area contributed by atoms with Crippen LogP contribution in [0.3, 0.4) is 0 Å². The third-order valence-electron chi connectivity index (χ3n) is 3.90. The molecular formula is C20H19N3O. The Morgan fingerprint density at radius 1 is 1.00 bits per heavy atom. The third-order valence-corrected chi connectivity index (χ3v) is 3.90. The number of para-hydroxylation sites is 1. The average molecular weight is 317 g/mol. The molecule has 1 heterocycles. The summed E-state index contributed by atoms with van der Waals surface area (Å²) in [7, 11) is 0. The van der Waals surface area contributed by atoms with Gasteiger partial charge < -0.3 is 15.0 Å². The SMILES string of the molecule is N#Cc1cc(N)c(Cc2ccccc2)n1CCOc1ccccc1. The second-order valence-corrected chi connectivity index (χ2v) is 5.52. The molecule has 3 rings (SSSR count). The molecule has 0 radical (unpaired) electrons. The molecule has 0 aliphatic carbocycles. The lowest BCUT2D eigenvalue weighted by molar-refractivity contribution is 0.296. The summed E-state index contributed by atoms with van der Waals surface area (Å²) < 4.78 is 7.70. The molecule has 0 saturated carbocycles. The number of hydrogen-bond acceptors (Lipinski definition) is 3. The van der Waals surface area contributed by atoms with E-state index in [1.165, 1.54) is 0 Å². The summed E-state index contributed by atoms with van der Waals surface area (Å²) in [6.07, 6.45) is 0.694. The second kappa shape index (κ2) is 7.38. The fourth-order valence-corrected chi connectivity index (χ4v) is 2.72. The van der Waals surface area contributed by atoms with Crippen LogP contribution >= 0.6 is 0 Å². The molecule has 1 aromatic heterocycles. The van der Waals surface area contributed by atoms with Gasteiger partial charge in [-0.1, -0.05) is 48.5 Å². The summed E-state index contributed by atoms with van der Waals surface area (Å²) in [4.78, 5) is 0. The van der Waals surface area contributed by atoms with Crippen molar-refractivity contribution in [3.8, 4) is 11.8 Å². The number of aromatic nitrogens is 1. The maximum absolute atomic E-state index is 9.37. The summed E-state index contributed by atoms with van der Waals surface area (Å²) in [6, 6.07) is 23.7. The monoisotopic (exact) mass is 317 g/mol. The molecule has 0 unspecified atom stereocenters. The van der Waals surface area contributed by atoms with Crippen LogP contribution in [-0.4, -0.2) is 11.2 Å². The van der Waals surface area contributed by atoms with Crippen LogP contribution in [0.4, 0.5) is 5.69 Å². The van der Waals surface area contributed by atoms with Crippen molar-refractivity contribution >= 4 is 5.69 Å². The summed E-state index contributed by atoms with van der Waals surface area (Å²) in [6.45, 7) is 1.06. The fourth-order valence-electron chi connectivity index (χ4n) is 2.72. The van der Waals surface area contributed by atoms with Crippen LogP contribution in [0, 0.1) is 11.3 Å². The maximum Gasteiger partial charge on any atom is 0.122 e. The lowest BCUT2D eigenvalue weighted by Crippen LogP contribution is -2.13. The second-order valence-electron chi connectivity index (χ2n) is 5.52. The number of rotatable bonds is 6. The van der Waals surface area contributed by atoms with E-state index in [9.17, 15) is 5.26 Å². The van der Waals surface area contributed by atoms with Crippen molar-refractivity contribution in [3.63, 3.8) is 0 Å². The van der Waals surface area contributed by atoms with E-state index in [-0.39, 0.29) is 0 Å². The Balaban J connectivity index is 1.77. The Bertz CT molecular complexity index is 833. The van der Waals surface area contributed by atoms with Crippen LogP contribution in [0.25, 0.3) is 0 Å². The smallest absolute Gasteiger partial charge is 0.122 e. The number of nitrogen functional groups attached to an aromatic ring is 1. The van der Waals surface area contributed by atoms with Gasteiger partial charge in [0.05, 0.1) is 12.2 Å². The Kier molecular flexibility index (Phi) is 4.83. The summed E-state index contributed by atoms with van der Waals surface area (Å²) in [5.41, 5.74) is 9.47. The molecule has 4 heteroatoms. The van der Waals surface area contributed by atoms with E-state index in [1.54, 1.807) is 6.07 Å². The van der Waals surface area contributed by atoms with Crippen LogP contribution in [0.5, 0.6) is 5.75 Å². The molecule has 0 atom stereocenters. The predicted molar refractivity (Wildman–Crippen MR) is 94.7 cm³/mol. The van der Waals surface area contributed by atoms with Gasteiger partial charge in [-0.2, -0.15) is 5.26 Å². The van der Waals surface area contributed by atoms with Crippen molar-refractivity contribution in [3.05, 3.63) is 83.7 Å². The first-order valence-corrected chi connectivity index (χ1v) is 7.87. The van der Waals surface area contributed by atoms with E-state index in [0.717, 1.165) is 17.0 Å². The lowest BCUT2D eigenvalue weighted by atomic mass is 10.1. The lowest BCUT2D eigenvalue weighted by Gasteiger charge is -2.12. The van der Waals surface area contributed by atoms with Gasteiger partial charge in [0.15, 0.2) is 0 Å². The Morgan fingerprint density at radius 2 is 1.67 bits per heavy atom. The number of nitrogens with zero attached hydrogens (tertiary/aromatic N) is 2. The van der Waals surface area contributed by atoms with Crippen molar-refractivity contribution in [1.82, 2.24) is 4.57 Å². The van der Waals surface area contributed by atoms with Crippen molar-refractivity contribution in [2.75, 3.05) is 12.3 Å². The fraction of sp³-hybridized carbons (Fsp3) is 0.150. The molecule has 0 saturated heterocycles. The van der Waals surface area contributed by atoms with Gasteiger partial charge in [0.25, 0.3) is 0 Å². The molecule has 0 aliphatic rings. The highest BCUT2D eigenvalue weighted by Crippen LogP contribution is 2.22. The van der Waals surface area contributed by atoms with Crippen molar-refractivity contribution in [2.24, 2.45) is 0 Å². The standard InChI is InChI=1S/C20H19N3O/c21-15-17-14-19(22)20(13-16-7-3-1-4-8-16)23(17)11-12-24-18-9-5-2-6-10-18/h1-10,14H,11-13,22H2. The normalized spacial score (nSPS) is 10.3. The van der Waals surface area contributed by atoms with Crippen LogP contribution in [0.1, 0.15) is 17.0 Å².